The third-order valence-corrected chi connectivity index (χ3v) is 2.16. The van der Waals surface area contributed by atoms with Crippen LogP contribution in [0.3, 0.4) is 0 Å². The topological polar surface area (TPSA) is 20.3 Å². The van der Waals surface area contributed by atoms with Crippen LogP contribution in [0.4, 0.5) is 0 Å². The molecule has 0 radical (unpaired) electrons. The van der Waals surface area contributed by atoms with Crippen molar-refractivity contribution < 1.29 is 4.79 Å². The highest BCUT2D eigenvalue weighted by molar-refractivity contribution is 5.73. The quantitative estimate of drug-likeness (QED) is 0.556. The molecule has 1 heterocycles. The summed E-state index contributed by atoms with van der Waals surface area (Å²) in [6, 6.07) is 0.597. The minimum absolute atomic E-state index is 0.597. The van der Waals surface area contributed by atoms with Crippen molar-refractivity contribution in [2.75, 3.05) is 13.1 Å². The molecule has 0 saturated heterocycles. The van der Waals surface area contributed by atoms with Crippen LogP contribution in [0, 0.1) is 0 Å². The fourth-order valence-corrected chi connectivity index (χ4v) is 1.28. The molecule has 0 aromatic carbocycles. The van der Waals surface area contributed by atoms with Crippen LogP contribution < -0.4 is 0 Å². The first-order valence-corrected chi connectivity index (χ1v) is 4.12. The van der Waals surface area contributed by atoms with E-state index >= 15 is 0 Å². The molecule has 0 bridgehead atoms. The van der Waals surface area contributed by atoms with E-state index < -0.39 is 0 Å². The maximum atomic E-state index is 10.3. The van der Waals surface area contributed by atoms with Crippen molar-refractivity contribution in [3.05, 3.63) is 11.6 Å². The third-order valence-electron chi connectivity index (χ3n) is 2.16. The van der Waals surface area contributed by atoms with Crippen LogP contribution in [0.15, 0.2) is 11.6 Å². The predicted octanol–water partition coefficient (Wildman–Crippen LogP) is 1.23. The molecule has 0 N–H and O–H groups in total. The van der Waals surface area contributed by atoms with Gasteiger partial charge >= 0.3 is 0 Å². The van der Waals surface area contributed by atoms with Gasteiger partial charge in [-0.15, -0.1) is 0 Å². The summed E-state index contributed by atoms with van der Waals surface area (Å²) >= 11 is 0. The Hall–Kier alpha value is -0.630. The van der Waals surface area contributed by atoms with Crippen molar-refractivity contribution in [1.82, 2.24) is 4.90 Å². The second-order valence-corrected chi connectivity index (χ2v) is 3.24. The van der Waals surface area contributed by atoms with E-state index in [1.807, 2.05) is 6.08 Å². The minimum atomic E-state index is 0.597. The van der Waals surface area contributed by atoms with Crippen LogP contribution >= 0.6 is 0 Å². The summed E-state index contributed by atoms with van der Waals surface area (Å²) in [4.78, 5) is 12.7. The number of carbonyl (C=O) groups excluding carboxylic acids is 1. The van der Waals surface area contributed by atoms with E-state index in [2.05, 4.69) is 18.7 Å². The molecule has 0 unspecified atom stereocenters. The average molecular weight is 153 g/mol. The van der Waals surface area contributed by atoms with Crippen LogP contribution in [0.5, 0.6) is 0 Å². The monoisotopic (exact) mass is 153 g/mol. The van der Waals surface area contributed by atoms with Crippen molar-refractivity contribution >= 4 is 6.29 Å². The maximum Gasteiger partial charge on any atom is 0.145 e. The van der Waals surface area contributed by atoms with E-state index in [-0.39, 0.29) is 0 Å². The Morgan fingerprint density at radius 1 is 1.64 bits per heavy atom. The van der Waals surface area contributed by atoms with E-state index in [1.54, 1.807) is 0 Å². The molecule has 0 fully saturated rings. The third kappa shape index (κ3) is 2.15. The molecular formula is C9H15NO. The molecule has 1 rings (SSSR count). The standard InChI is InChI=1S/C9H15NO/c1-8(2)10-5-3-9(7-11)4-6-10/h3,7-8H,4-6H2,1-2H3. The highest BCUT2D eigenvalue weighted by Gasteiger charge is 2.12. The van der Waals surface area contributed by atoms with Gasteiger partial charge in [-0.1, -0.05) is 6.08 Å². The SMILES string of the molecule is CC(C)N1CC=C(C=O)CC1. The Labute approximate surface area is 67.9 Å². The van der Waals surface area contributed by atoms with Crippen LogP contribution in [-0.4, -0.2) is 30.3 Å². The molecule has 0 aromatic heterocycles. The minimum Gasteiger partial charge on any atom is -0.298 e. The van der Waals surface area contributed by atoms with E-state index in [4.69, 9.17) is 0 Å². The Kier molecular flexibility index (Phi) is 2.83. The van der Waals surface area contributed by atoms with E-state index in [0.717, 1.165) is 31.4 Å². The van der Waals surface area contributed by atoms with Gasteiger partial charge in [-0.2, -0.15) is 0 Å². The van der Waals surface area contributed by atoms with E-state index in [9.17, 15) is 4.79 Å². The number of carbonyl (C=O) groups is 1. The second kappa shape index (κ2) is 3.67. The number of hydrogen-bond acceptors (Lipinski definition) is 2. The molecule has 2 nitrogen and oxygen atoms in total. The first-order valence-electron chi connectivity index (χ1n) is 4.12. The van der Waals surface area contributed by atoms with Crippen molar-refractivity contribution in [2.24, 2.45) is 0 Å². The van der Waals surface area contributed by atoms with Gasteiger partial charge < -0.3 is 0 Å². The largest absolute Gasteiger partial charge is 0.298 e. The van der Waals surface area contributed by atoms with Crippen molar-refractivity contribution in [1.29, 1.82) is 0 Å². The molecule has 11 heavy (non-hydrogen) atoms. The van der Waals surface area contributed by atoms with Gasteiger partial charge in [0.25, 0.3) is 0 Å². The lowest BCUT2D eigenvalue weighted by Crippen LogP contribution is -2.34. The van der Waals surface area contributed by atoms with Gasteiger partial charge in [0.1, 0.15) is 6.29 Å². The molecule has 0 atom stereocenters. The molecule has 2 heteroatoms. The number of hydrogen-bond donors (Lipinski definition) is 0. The van der Waals surface area contributed by atoms with Gasteiger partial charge in [-0.3, -0.25) is 9.69 Å². The predicted molar refractivity (Wildman–Crippen MR) is 45.5 cm³/mol. The van der Waals surface area contributed by atoms with Gasteiger partial charge in [0, 0.05) is 19.1 Å². The zero-order chi connectivity index (χ0) is 8.27. The Balaban J connectivity index is 2.47. The van der Waals surface area contributed by atoms with Gasteiger partial charge in [0.05, 0.1) is 0 Å². The lowest BCUT2D eigenvalue weighted by Gasteiger charge is -2.28. The van der Waals surface area contributed by atoms with Crippen LogP contribution in [0.25, 0.3) is 0 Å². The Morgan fingerprint density at radius 3 is 2.73 bits per heavy atom. The van der Waals surface area contributed by atoms with Crippen LogP contribution in [0.1, 0.15) is 20.3 Å². The fraction of sp³-hybridized carbons (Fsp3) is 0.667. The maximum absolute atomic E-state index is 10.3. The summed E-state index contributed by atoms with van der Waals surface area (Å²) in [5, 5.41) is 0. The summed E-state index contributed by atoms with van der Waals surface area (Å²) in [5.74, 6) is 0. The molecule has 0 aromatic rings. The molecule has 1 aliphatic heterocycles. The Bertz CT molecular complexity index is 172. The van der Waals surface area contributed by atoms with Crippen molar-refractivity contribution in [3.8, 4) is 0 Å². The first kappa shape index (κ1) is 8.47. The first-order chi connectivity index (χ1) is 5.24. The number of nitrogens with zero attached hydrogens (tertiary/aromatic N) is 1. The molecule has 0 saturated carbocycles. The van der Waals surface area contributed by atoms with Gasteiger partial charge in [0.2, 0.25) is 0 Å². The highest BCUT2D eigenvalue weighted by atomic mass is 16.1. The summed E-state index contributed by atoms with van der Waals surface area (Å²) in [7, 11) is 0. The average Bonchev–Trinajstić information content (AvgIpc) is 2.05. The lowest BCUT2D eigenvalue weighted by atomic mass is 10.1. The van der Waals surface area contributed by atoms with Crippen LogP contribution in [0.2, 0.25) is 0 Å². The molecule has 1 aliphatic rings. The molecule has 0 aliphatic carbocycles. The normalized spacial score (nSPS) is 20.1. The summed E-state index contributed by atoms with van der Waals surface area (Å²) in [5.41, 5.74) is 0.960. The Morgan fingerprint density at radius 2 is 2.36 bits per heavy atom. The second-order valence-electron chi connectivity index (χ2n) is 3.24. The van der Waals surface area contributed by atoms with Gasteiger partial charge in [0.15, 0.2) is 0 Å². The van der Waals surface area contributed by atoms with Gasteiger partial charge in [-0.25, -0.2) is 0 Å². The lowest BCUT2D eigenvalue weighted by molar-refractivity contribution is -0.105. The van der Waals surface area contributed by atoms with E-state index in [0.29, 0.717) is 6.04 Å². The van der Waals surface area contributed by atoms with Gasteiger partial charge in [-0.05, 0) is 25.8 Å². The molecule has 62 valence electrons. The summed E-state index contributed by atoms with van der Waals surface area (Å²) < 4.78 is 0. The smallest absolute Gasteiger partial charge is 0.145 e. The zero-order valence-corrected chi connectivity index (χ0v) is 7.21. The summed E-state index contributed by atoms with van der Waals surface area (Å²) in [6.45, 7) is 6.33. The molecular weight excluding hydrogens is 138 g/mol. The summed E-state index contributed by atoms with van der Waals surface area (Å²) in [6.07, 6.45) is 3.91. The zero-order valence-electron chi connectivity index (χ0n) is 7.21. The molecule has 0 spiro atoms. The molecule has 0 amide bonds. The van der Waals surface area contributed by atoms with E-state index in [1.165, 1.54) is 0 Å². The van der Waals surface area contributed by atoms with Crippen molar-refractivity contribution in [2.45, 2.75) is 26.3 Å². The van der Waals surface area contributed by atoms with Crippen LogP contribution in [-0.2, 0) is 4.79 Å². The number of aldehydes is 1. The van der Waals surface area contributed by atoms with Crippen molar-refractivity contribution in [3.63, 3.8) is 0 Å². The highest BCUT2D eigenvalue weighted by Crippen LogP contribution is 2.10. The number of rotatable bonds is 2. The fourth-order valence-electron chi connectivity index (χ4n) is 1.28.